The molecule has 3 rings (SSSR count). The lowest BCUT2D eigenvalue weighted by Gasteiger charge is -2.17. The fraction of sp³-hybridized carbons (Fsp3) is 0.400. The van der Waals surface area contributed by atoms with E-state index < -0.39 is 28.8 Å². The van der Waals surface area contributed by atoms with Gasteiger partial charge in [-0.2, -0.15) is 13.2 Å². The number of aryl methyl sites for hydroxylation is 1. The molecule has 118 valence electrons. The van der Waals surface area contributed by atoms with E-state index >= 15 is 0 Å². The molecule has 7 heteroatoms. The van der Waals surface area contributed by atoms with Crippen molar-refractivity contribution in [1.82, 2.24) is 9.36 Å². The number of benzene rings is 1. The third-order valence-electron chi connectivity index (χ3n) is 3.98. The van der Waals surface area contributed by atoms with Crippen molar-refractivity contribution in [3.05, 3.63) is 51.2 Å². The van der Waals surface area contributed by atoms with Crippen molar-refractivity contribution in [3.8, 4) is 5.69 Å². The number of hydrogen-bond donors (Lipinski definition) is 0. The quantitative estimate of drug-likeness (QED) is 0.779. The first-order chi connectivity index (χ1) is 10.2. The molecule has 1 heterocycles. The highest BCUT2D eigenvalue weighted by Gasteiger charge is 2.37. The summed E-state index contributed by atoms with van der Waals surface area (Å²) in [6.45, 7) is 1.37. The Morgan fingerprint density at radius 3 is 2.41 bits per heavy atom. The molecule has 3 nitrogen and oxygen atoms in total. The van der Waals surface area contributed by atoms with E-state index in [9.17, 15) is 22.4 Å². The maximum absolute atomic E-state index is 14.4. The summed E-state index contributed by atoms with van der Waals surface area (Å²) in [7, 11) is 1.48. The van der Waals surface area contributed by atoms with Crippen LogP contribution in [0.1, 0.15) is 35.6 Å². The van der Waals surface area contributed by atoms with Gasteiger partial charge in [0.25, 0.3) is 5.56 Å². The Bertz CT molecular complexity index is 797. The summed E-state index contributed by atoms with van der Waals surface area (Å²) in [6, 6.07) is 3.17. The van der Waals surface area contributed by atoms with Crippen LogP contribution in [0.25, 0.3) is 5.69 Å². The molecular formula is C15H14F4N2O. The van der Waals surface area contributed by atoms with Crippen LogP contribution in [0.3, 0.4) is 0 Å². The van der Waals surface area contributed by atoms with Gasteiger partial charge in [0.2, 0.25) is 0 Å². The largest absolute Gasteiger partial charge is 0.418 e. The van der Waals surface area contributed by atoms with Gasteiger partial charge in [0.05, 0.1) is 5.56 Å². The first kappa shape index (κ1) is 14.9. The second-order valence-electron chi connectivity index (χ2n) is 5.61. The normalized spacial score (nSPS) is 15.4. The Balaban J connectivity index is 2.33. The third kappa shape index (κ3) is 2.24. The molecule has 0 N–H and O–H groups in total. The van der Waals surface area contributed by atoms with Gasteiger partial charge >= 0.3 is 6.18 Å². The molecule has 2 aromatic rings. The lowest BCUT2D eigenvalue weighted by Crippen LogP contribution is -2.25. The third-order valence-corrected chi connectivity index (χ3v) is 3.98. The predicted octanol–water partition coefficient (Wildman–Crippen LogP) is 3.52. The van der Waals surface area contributed by atoms with Crippen LogP contribution in [-0.2, 0) is 13.2 Å². The van der Waals surface area contributed by atoms with Gasteiger partial charge in [-0.1, -0.05) is 6.07 Å². The molecule has 1 aliphatic carbocycles. The number of halogens is 4. The summed E-state index contributed by atoms with van der Waals surface area (Å²) in [5.74, 6) is -0.860. The summed E-state index contributed by atoms with van der Waals surface area (Å²) >= 11 is 0. The molecule has 0 amide bonds. The maximum Gasteiger partial charge on any atom is 0.418 e. The van der Waals surface area contributed by atoms with E-state index in [1.807, 2.05) is 0 Å². The van der Waals surface area contributed by atoms with E-state index in [1.54, 1.807) is 0 Å². The van der Waals surface area contributed by atoms with Gasteiger partial charge in [-0.15, -0.1) is 0 Å². The highest BCUT2D eigenvalue weighted by atomic mass is 19.4. The lowest BCUT2D eigenvalue weighted by molar-refractivity contribution is -0.137. The second kappa shape index (κ2) is 4.72. The summed E-state index contributed by atoms with van der Waals surface area (Å²) in [5.41, 5.74) is -1.84. The average molecular weight is 314 g/mol. The number of nitrogens with zero attached hydrogens (tertiary/aromatic N) is 2. The smallest absolute Gasteiger partial charge is 0.285 e. The van der Waals surface area contributed by atoms with Crippen LogP contribution in [0.4, 0.5) is 17.6 Å². The van der Waals surface area contributed by atoms with Gasteiger partial charge < -0.3 is 0 Å². The van der Waals surface area contributed by atoms with Crippen LogP contribution < -0.4 is 5.56 Å². The Kier molecular flexibility index (Phi) is 3.19. The molecule has 1 aromatic heterocycles. The van der Waals surface area contributed by atoms with Crippen molar-refractivity contribution in [2.24, 2.45) is 7.05 Å². The van der Waals surface area contributed by atoms with Crippen molar-refractivity contribution in [3.63, 3.8) is 0 Å². The molecule has 0 aliphatic heterocycles. The Hall–Kier alpha value is -2.05. The van der Waals surface area contributed by atoms with Crippen LogP contribution in [-0.4, -0.2) is 9.36 Å². The minimum absolute atomic E-state index is 0.0593. The van der Waals surface area contributed by atoms with Gasteiger partial charge in [-0.05, 0) is 31.4 Å². The Morgan fingerprint density at radius 2 is 1.86 bits per heavy atom. The van der Waals surface area contributed by atoms with Gasteiger partial charge in [0.15, 0.2) is 5.82 Å². The molecule has 0 bridgehead atoms. The number of hydrogen-bond acceptors (Lipinski definition) is 1. The minimum Gasteiger partial charge on any atom is -0.285 e. The molecular weight excluding hydrogens is 300 g/mol. The fourth-order valence-electron chi connectivity index (χ4n) is 2.67. The second-order valence-corrected chi connectivity index (χ2v) is 5.61. The molecule has 1 fully saturated rings. The minimum atomic E-state index is -4.74. The van der Waals surface area contributed by atoms with E-state index in [0.717, 1.165) is 29.7 Å². The molecule has 1 aliphatic rings. The maximum atomic E-state index is 14.4. The fourth-order valence-corrected chi connectivity index (χ4v) is 2.67. The topological polar surface area (TPSA) is 26.9 Å². The summed E-state index contributed by atoms with van der Waals surface area (Å²) in [5, 5.41) is 0. The Morgan fingerprint density at radius 1 is 1.23 bits per heavy atom. The molecule has 0 atom stereocenters. The highest BCUT2D eigenvalue weighted by molar-refractivity contribution is 5.47. The number of alkyl halides is 3. The molecule has 0 radical (unpaired) electrons. The first-order valence-corrected chi connectivity index (χ1v) is 6.87. The van der Waals surface area contributed by atoms with Gasteiger partial charge in [-0.3, -0.25) is 9.48 Å². The number of rotatable bonds is 2. The van der Waals surface area contributed by atoms with Crippen LogP contribution >= 0.6 is 0 Å². The van der Waals surface area contributed by atoms with Crippen LogP contribution in [0.15, 0.2) is 23.0 Å². The zero-order chi connectivity index (χ0) is 16.2. The molecule has 1 saturated carbocycles. The molecule has 1 aromatic carbocycles. The average Bonchev–Trinajstić information content (AvgIpc) is 3.20. The van der Waals surface area contributed by atoms with Crippen molar-refractivity contribution in [1.29, 1.82) is 0 Å². The predicted molar refractivity (Wildman–Crippen MR) is 72.7 cm³/mol. The van der Waals surface area contributed by atoms with Gasteiger partial charge in [0.1, 0.15) is 5.69 Å². The summed E-state index contributed by atoms with van der Waals surface area (Å²) in [4.78, 5) is 12.1. The summed E-state index contributed by atoms with van der Waals surface area (Å²) < 4.78 is 56.1. The van der Waals surface area contributed by atoms with E-state index in [-0.39, 0.29) is 11.5 Å². The SMILES string of the molecule is Cc1ccc(C(F)(F)F)c(-n2c(=O)cc(C3CC3)n2C)c1F. The van der Waals surface area contributed by atoms with Crippen LogP contribution in [0.5, 0.6) is 0 Å². The zero-order valence-corrected chi connectivity index (χ0v) is 12.0. The van der Waals surface area contributed by atoms with Crippen molar-refractivity contribution >= 4 is 0 Å². The zero-order valence-electron chi connectivity index (χ0n) is 12.0. The summed E-state index contributed by atoms with van der Waals surface area (Å²) in [6.07, 6.45) is -2.97. The molecule has 0 spiro atoms. The van der Waals surface area contributed by atoms with Gasteiger partial charge in [-0.25, -0.2) is 9.07 Å². The van der Waals surface area contributed by atoms with E-state index in [2.05, 4.69) is 0 Å². The standard InChI is InChI=1S/C15H14F4N2O/c1-8-3-6-10(15(17,18)19)14(13(8)16)21-12(22)7-11(20(21)2)9-4-5-9/h3,6-7,9H,4-5H2,1-2H3. The highest BCUT2D eigenvalue weighted by Crippen LogP contribution is 2.40. The van der Waals surface area contributed by atoms with Crippen LogP contribution in [0, 0.1) is 12.7 Å². The lowest BCUT2D eigenvalue weighted by atomic mass is 10.1. The molecule has 22 heavy (non-hydrogen) atoms. The first-order valence-electron chi connectivity index (χ1n) is 6.87. The van der Waals surface area contributed by atoms with Crippen LogP contribution in [0.2, 0.25) is 0 Å². The molecule has 0 unspecified atom stereocenters. The van der Waals surface area contributed by atoms with E-state index in [1.165, 1.54) is 24.7 Å². The van der Waals surface area contributed by atoms with E-state index in [4.69, 9.17) is 0 Å². The van der Waals surface area contributed by atoms with Crippen molar-refractivity contribution in [2.45, 2.75) is 31.9 Å². The van der Waals surface area contributed by atoms with E-state index in [0.29, 0.717) is 5.69 Å². The van der Waals surface area contributed by atoms with Crippen molar-refractivity contribution in [2.75, 3.05) is 0 Å². The monoisotopic (exact) mass is 314 g/mol. The van der Waals surface area contributed by atoms with Crippen molar-refractivity contribution < 1.29 is 17.6 Å². The Labute approximate surface area is 123 Å². The molecule has 0 saturated heterocycles. The van der Waals surface area contributed by atoms with Gasteiger partial charge in [0, 0.05) is 24.7 Å². The number of aromatic nitrogens is 2.